The Morgan fingerprint density at radius 3 is 1.39 bits per heavy atom. The van der Waals surface area contributed by atoms with Crippen LogP contribution in [0.2, 0.25) is 0 Å². The molecular weight excluding hydrogens is 560 g/mol. The highest BCUT2D eigenvalue weighted by atomic mass is 32.1. The van der Waals surface area contributed by atoms with E-state index in [0.29, 0.717) is 27.5 Å². The normalized spacial score (nSPS) is 15.3. The van der Waals surface area contributed by atoms with Crippen LogP contribution in [0.15, 0.2) is 0 Å². The predicted octanol–water partition coefficient (Wildman–Crippen LogP) is 7.23. The minimum Gasteiger partial charge on any atom is -0.462 e. The number of fused-ring (bicyclic) bond motifs is 2. The minimum atomic E-state index is -0.386. The van der Waals surface area contributed by atoms with Crippen LogP contribution >= 0.6 is 22.7 Å². The van der Waals surface area contributed by atoms with Crippen molar-refractivity contribution in [2.45, 2.75) is 110 Å². The van der Waals surface area contributed by atoms with Gasteiger partial charge in [-0.15, -0.1) is 22.7 Å². The summed E-state index contributed by atoms with van der Waals surface area (Å²) in [5.74, 6) is -1.24. The van der Waals surface area contributed by atoms with Crippen molar-refractivity contribution >= 4 is 56.4 Å². The molecule has 2 amide bonds. The van der Waals surface area contributed by atoms with Crippen LogP contribution in [-0.2, 0) is 44.7 Å². The molecule has 0 aliphatic heterocycles. The van der Waals surface area contributed by atoms with Crippen LogP contribution in [0.4, 0.5) is 10.0 Å². The van der Waals surface area contributed by atoms with E-state index in [1.165, 1.54) is 35.5 Å². The van der Waals surface area contributed by atoms with Gasteiger partial charge in [-0.3, -0.25) is 9.59 Å². The van der Waals surface area contributed by atoms with E-state index in [4.69, 9.17) is 9.47 Å². The fourth-order valence-electron chi connectivity index (χ4n) is 5.64. The van der Waals surface area contributed by atoms with E-state index in [9.17, 15) is 19.2 Å². The average Bonchev–Trinajstić information content (AvgIpc) is 3.40. The fraction of sp³-hybridized carbons (Fsp3) is 0.613. The molecule has 0 atom stereocenters. The number of hydrogen-bond acceptors (Lipinski definition) is 8. The van der Waals surface area contributed by atoms with Crippen LogP contribution in [-0.4, -0.2) is 37.0 Å². The van der Waals surface area contributed by atoms with Crippen LogP contribution in [0.1, 0.15) is 126 Å². The summed E-state index contributed by atoms with van der Waals surface area (Å²) in [4.78, 5) is 53.8. The lowest BCUT2D eigenvalue weighted by Crippen LogP contribution is -2.17. The summed E-state index contributed by atoms with van der Waals surface area (Å²) in [6.45, 7) is 4.11. The first-order valence-corrected chi connectivity index (χ1v) is 16.8. The van der Waals surface area contributed by atoms with Gasteiger partial charge in [0.25, 0.3) is 0 Å². The number of hydrogen-bond donors (Lipinski definition) is 2. The number of amides is 2. The second kappa shape index (κ2) is 15.5. The van der Waals surface area contributed by atoms with Crippen molar-refractivity contribution in [1.82, 2.24) is 0 Å². The van der Waals surface area contributed by atoms with Crippen LogP contribution in [0.5, 0.6) is 0 Å². The van der Waals surface area contributed by atoms with Crippen molar-refractivity contribution < 1.29 is 28.7 Å². The lowest BCUT2D eigenvalue weighted by Gasteiger charge is -2.12. The second-order valence-electron chi connectivity index (χ2n) is 10.6. The zero-order valence-corrected chi connectivity index (χ0v) is 25.9. The molecule has 2 aliphatic rings. The van der Waals surface area contributed by atoms with E-state index >= 15 is 0 Å². The first-order chi connectivity index (χ1) is 19.9. The van der Waals surface area contributed by atoms with Gasteiger partial charge in [0.05, 0.1) is 24.3 Å². The zero-order chi connectivity index (χ0) is 29.2. The number of carbonyl (C=O) groups is 4. The van der Waals surface area contributed by atoms with Crippen LogP contribution < -0.4 is 10.6 Å². The molecule has 8 nitrogen and oxygen atoms in total. The summed E-state index contributed by atoms with van der Waals surface area (Å²) >= 11 is 2.96. The predicted molar refractivity (Wildman–Crippen MR) is 163 cm³/mol. The lowest BCUT2D eigenvalue weighted by atomic mass is 9.96. The van der Waals surface area contributed by atoms with Crippen LogP contribution in [0.25, 0.3) is 0 Å². The van der Waals surface area contributed by atoms with Gasteiger partial charge in [-0.1, -0.05) is 25.7 Å². The third-order valence-electron chi connectivity index (χ3n) is 7.62. The first-order valence-electron chi connectivity index (χ1n) is 15.2. The molecule has 0 fully saturated rings. The van der Waals surface area contributed by atoms with Gasteiger partial charge in [0, 0.05) is 22.6 Å². The van der Waals surface area contributed by atoms with Gasteiger partial charge >= 0.3 is 11.9 Å². The van der Waals surface area contributed by atoms with Gasteiger partial charge in [0.2, 0.25) is 11.8 Å². The summed E-state index contributed by atoms with van der Waals surface area (Å²) < 4.78 is 10.7. The van der Waals surface area contributed by atoms with E-state index < -0.39 is 0 Å². The van der Waals surface area contributed by atoms with E-state index in [1.54, 1.807) is 13.8 Å². The SMILES string of the molecule is CCOC(=O)c1c(NC(=O)CCCC(=O)Nc2sc3c(c2C(=O)OCC)CCCCCC3)sc2c1CCCCCC2. The molecule has 41 heavy (non-hydrogen) atoms. The van der Waals surface area contributed by atoms with E-state index in [1.807, 2.05) is 0 Å². The van der Waals surface area contributed by atoms with E-state index in [0.717, 1.165) is 85.1 Å². The summed E-state index contributed by atoms with van der Waals surface area (Å²) in [5, 5.41) is 7.00. The summed E-state index contributed by atoms with van der Waals surface area (Å²) in [6, 6.07) is 0. The Morgan fingerprint density at radius 2 is 1.00 bits per heavy atom. The Morgan fingerprint density at radius 1 is 0.610 bits per heavy atom. The van der Waals surface area contributed by atoms with Gasteiger partial charge in [-0.05, 0) is 82.8 Å². The largest absolute Gasteiger partial charge is 0.462 e. The van der Waals surface area contributed by atoms with Crippen molar-refractivity contribution in [2.24, 2.45) is 0 Å². The number of anilines is 2. The number of thiophene rings is 2. The topological polar surface area (TPSA) is 111 Å². The molecule has 10 heteroatoms. The Hall–Kier alpha value is -2.72. The molecule has 0 saturated carbocycles. The maximum atomic E-state index is 12.9. The summed E-state index contributed by atoms with van der Waals surface area (Å²) in [6.07, 6.45) is 12.9. The van der Waals surface area contributed by atoms with Crippen LogP contribution in [0, 0.1) is 0 Å². The smallest absolute Gasteiger partial charge is 0.341 e. The molecule has 4 rings (SSSR count). The minimum absolute atomic E-state index is 0.143. The Bertz CT molecular complexity index is 1150. The molecule has 224 valence electrons. The van der Waals surface area contributed by atoms with Crippen molar-refractivity contribution in [3.05, 3.63) is 32.0 Å². The number of nitrogens with one attached hydrogen (secondary N) is 2. The summed E-state index contributed by atoms with van der Waals surface area (Å²) in [7, 11) is 0. The Balaban J connectivity index is 1.38. The third kappa shape index (κ3) is 8.19. The Kier molecular flexibility index (Phi) is 11.8. The first kappa shape index (κ1) is 31.2. The van der Waals surface area contributed by atoms with Gasteiger partial charge in [0.15, 0.2) is 0 Å². The second-order valence-corrected chi connectivity index (χ2v) is 12.8. The maximum absolute atomic E-state index is 12.9. The molecule has 2 aromatic heterocycles. The standard InChI is InChI=1S/C31H42N2O6S2/c1-3-38-30(36)26-20-14-9-5-7-11-16-22(20)40-28(26)32-24(34)18-13-19-25(35)33-29-27(31(37)39-4-2)21-15-10-6-8-12-17-23(21)41-29/h3-19H2,1-2H3,(H,32,34)(H,33,35). The molecule has 0 spiro atoms. The van der Waals surface area contributed by atoms with Gasteiger partial charge in [-0.2, -0.15) is 0 Å². The van der Waals surface area contributed by atoms with Crippen molar-refractivity contribution in [3.63, 3.8) is 0 Å². The average molecular weight is 603 g/mol. The fourth-order valence-corrected chi connectivity index (χ4v) is 8.23. The zero-order valence-electron chi connectivity index (χ0n) is 24.3. The molecule has 0 radical (unpaired) electrons. The molecule has 0 saturated heterocycles. The molecular formula is C31H42N2O6S2. The molecule has 2 aromatic rings. The Labute approximate surface area is 250 Å². The van der Waals surface area contributed by atoms with Gasteiger partial charge in [-0.25, -0.2) is 9.59 Å². The highest BCUT2D eigenvalue weighted by Crippen LogP contribution is 2.39. The highest BCUT2D eigenvalue weighted by Gasteiger charge is 2.28. The molecule has 0 unspecified atom stereocenters. The van der Waals surface area contributed by atoms with Gasteiger partial charge in [0.1, 0.15) is 10.0 Å². The number of rotatable bonds is 10. The molecule has 2 N–H and O–H groups in total. The third-order valence-corrected chi connectivity index (χ3v) is 10.0. The van der Waals surface area contributed by atoms with E-state index in [2.05, 4.69) is 10.6 Å². The van der Waals surface area contributed by atoms with Crippen molar-refractivity contribution in [2.75, 3.05) is 23.8 Å². The number of carbonyl (C=O) groups excluding carboxylic acids is 4. The lowest BCUT2D eigenvalue weighted by molar-refractivity contribution is -0.117. The molecule has 2 heterocycles. The molecule has 2 aliphatic carbocycles. The quantitative estimate of drug-likeness (QED) is 0.278. The molecule has 0 aromatic carbocycles. The number of aryl methyl sites for hydroxylation is 2. The maximum Gasteiger partial charge on any atom is 0.341 e. The van der Waals surface area contributed by atoms with Crippen molar-refractivity contribution in [3.8, 4) is 0 Å². The van der Waals surface area contributed by atoms with Crippen LogP contribution in [0.3, 0.4) is 0 Å². The van der Waals surface area contributed by atoms with E-state index in [-0.39, 0.29) is 49.8 Å². The number of ether oxygens (including phenoxy) is 2. The summed E-state index contributed by atoms with van der Waals surface area (Å²) in [5.41, 5.74) is 3.04. The molecule has 0 bridgehead atoms. The monoisotopic (exact) mass is 602 g/mol. The van der Waals surface area contributed by atoms with Crippen molar-refractivity contribution in [1.29, 1.82) is 0 Å². The van der Waals surface area contributed by atoms with Gasteiger partial charge < -0.3 is 20.1 Å². The highest BCUT2D eigenvalue weighted by molar-refractivity contribution is 7.17. The number of esters is 2.